The second kappa shape index (κ2) is 5.95. The van der Waals surface area contributed by atoms with E-state index in [4.69, 9.17) is 17.3 Å². The molecule has 0 unspecified atom stereocenters. The number of nitrogens with two attached hydrogens (primary N) is 1. The van der Waals surface area contributed by atoms with Gasteiger partial charge in [-0.25, -0.2) is 4.79 Å². The van der Waals surface area contributed by atoms with Crippen molar-refractivity contribution in [3.8, 4) is 0 Å². The normalized spacial score (nSPS) is 13.2. The number of hydrogen-bond acceptors (Lipinski definition) is 3. The van der Waals surface area contributed by atoms with E-state index in [9.17, 15) is 13.6 Å². The molecule has 7 heteroatoms. The summed E-state index contributed by atoms with van der Waals surface area (Å²) in [5.41, 5.74) is 5.48. The van der Waals surface area contributed by atoms with Crippen LogP contribution in [0.25, 0.3) is 0 Å². The molecule has 1 atom stereocenters. The molecule has 0 spiro atoms. The van der Waals surface area contributed by atoms with Crippen LogP contribution in [-0.2, 0) is 9.53 Å². The molecule has 0 bridgehead atoms. The summed E-state index contributed by atoms with van der Waals surface area (Å²) in [6, 6.07) is 2.46. The van der Waals surface area contributed by atoms with Gasteiger partial charge in [0.1, 0.15) is 6.04 Å². The molecule has 0 fully saturated rings. The van der Waals surface area contributed by atoms with Gasteiger partial charge in [0.25, 0.3) is 0 Å². The van der Waals surface area contributed by atoms with E-state index >= 15 is 0 Å². The van der Waals surface area contributed by atoms with Crippen LogP contribution in [0.4, 0.5) is 8.78 Å². The van der Waals surface area contributed by atoms with Crippen molar-refractivity contribution in [1.82, 2.24) is 0 Å². The van der Waals surface area contributed by atoms with Crippen molar-refractivity contribution < 1.29 is 18.3 Å². The lowest BCUT2D eigenvalue weighted by Crippen LogP contribution is -2.41. The maximum Gasteiger partial charge on any atom is 0.379 e. The topological polar surface area (TPSA) is 52.3 Å². The molecule has 0 heterocycles. The van der Waals surface area contributed by atoms with Gasteiger partial charge >= 0.3 is 11.9 Å². The lowest BCUT2D eigenvalue weighted by atomic mass is 10.0. The zero-order valence-corrected chi connectivity index (χ0v) is 11.8. The smallest absolute Gasteiger partial charge is 0.379 e. The number of halogens is 4. The van der Waals surface area contributed by atoms with Crippen molar-refractivity contribution in [2.75, 3.05) is 6.61 Å². The fourth-order valence-corrected chi connectivity index (χ4v) is 1.98. The third-order valence-corrected chi connectivity index (χ3v) is 3.19. The van der Waals surface area contributed by atoms with Gasteiger partial charge in [-0.3, -0.25) is 0 Å². The average Bonchev–Trinajstić information content (AvgIpc) is 2.31. The summed E-state index contributed by atoms with van der Waals surface area (Å²) in [6.45, 7) is 1.30. The molecule has 0 aliphatic carbocycles. The van der Waals surface area contributed by atoms with Crippen LogP contribution in [0.3, 0.4) is 0 Å². The fourth-order valence-electron chi connectivity index (χ4n) is 1.30. The van der Waals surface area contributed by atoms with E-state index in [1.165, 1.54) is 25.1 Å². The Morgan fingerprint density at radius 2 is 2.22 bits per heavy atom. The van der Waals surface area contributed by atoms with Crippen molar-refractivity contribution in [1.29, 1.82) is 0 Å². The van der Waals surface area contributed by atoms with E-state index in [-0.39, 0.29) is 17.2 Å². The second-order valence-corrected chi connectivity index (χ2v) is 4.78. The second-order valence-electron chi connectivity index (χ2n) is 3.49. The van der Waals surface area contributed by atoms with Gasteiger partial charge in [0.2, 0.25) is 0 Å². The maximum atomic E-state index is 13.7. The van der Waals surface area contributed by atoms with Crippen LogP contribution in [-0.4, -0.2) is 18.5 Å². The number of rotatable bonds is 4. The van der Waals surface area contributed by atoms with Crippen molar-refractivity contribution in [3.05, 3.63) is 33.3 Å². The Morgan fingerprint density at radius 3 is 2.78 bits per heavy atom. The molecule has 0 aliphatic rings. The minimum Gasteiger partial charge on any atom is -0.462 e. The van der Waals surface area contributed by atoms with Crippen molar-refractivity contribution >= 4 is 33.5 Å². The molecule has 1 aromatic rings. The van der Waals surface area contributed by atoms with Gasteiger partial charge in [-0.2, -0.15) is 8.78 Å². The first-order valence-corrected chi connectivity index (χ1v) is 6.23. The van der Waals surface area contributed by atoms with Gasteiger partial charge in [-0.05, 0) is 30.7 Å². The highest BCUT2D eigenvalue weighted by Gasteiger charge is 2.48. The quantitative estimate of drug-likeness (QED) is 0.854. The summed E-state index contributed by atoms with van der Waals surface area (Å²) in [6.07, 6.45) is 0. The number of hydrogen-bond donors (Lipinski definition) is 1. The summed E-state index contributed by atoms with van der Waals surface area (Å²) < 4.78 is 32.1. The highest BCUT2D eigenvalue weighted by Crippen LogP contribution is 2.35. The van der Waals surface area contributed by atoms with E-state index in [1.54, 1.807) is 0 Å². The van der Waals surface area contributed by atoms with Crippen molar-refractivity contribution in [2.45, 2.75) is 18.9 Å². The van der Waals surface area contributed by atoms with E-state index in [2.05, 4.69) is 20.7 Å². The lowest BCUT2D eigenvalue weighted by molar-refractivity contribution is -0.174. The summed E-state index contributed by atoms with van der Waals surface area (Å²) >= 11 is 8.80. The predicted octanol–water partition coefficient (Wildman–Crippen LogP) is 3.30. The Morgan fingerprint density at radius 1 is 1.61 bits per heavy atom. The Bertz CT molecular complexity index is 457. The molecule has 1 aromatic carbocycles. The molecule has 0 aliphatic heterocycles. The van der Waals surface area contributed by atoms with Gasteiger partial charge in [0.15, 0.2) is 0 Å². The van der Waals surface area contributed by atoms with Crippen molar-refractivity contribution in [2.24, 2.45) is 5.73 Å². The standard InChI is InChI=1S/C11H11BrClF2NO2/c1-2-18-10(17)11(14,15)9(16)7-5-6(13)3-4-8(7)12/h3-5,9H,2,16H2,1H3/t9-/m0/s1. The molecule has 0 aromatic heterocycles. The van der Waals surface area contributed by atoms with Crippen LogP contribution in [0, 0.1) is 0 Å². The highest BCUT2D eigenvalue weighted by atomic mass is 79.9. The van der Waals surface area contributed by atoms with E-state index in [0.29, 0.717) is 4.47 Å². The highest BCUT2D eigenvalue weighted by molar-refractivity contribution is 9.10. The number of esters is 1. The Balaban J connectivity index is 3.08. The van der Waals surface area contributed by atoms with E-state index < -0.39 is 17.9 Å². The minimum absolute atomic E-state index is 0.0422. The van der Waals surface area contributed by atoms with Crippen LogP contribution < -0.4 is 5.73 Å². The number of benzene rings is 1. The van der Waals surface area contributed by atoms with Crippen LogP contribution in [0.5, 0.6) is 0 Å². The van der Waals surface area contributed by atoms with Crippen LogP contribution in [0.1, 0.15) is 18.5 Å². The first-order valence-electron chi connectivity index (χ1n) is 5.06. The first kappa shape index (κ1) is 15.3. The molecule has 0 saturated heterocycles. The largest absolute Gasteiger partial charge is 0.462 e. The third kappa shape index (κ3) is 3.18. The van der Waals surface area contributed by atoms with Gasteiger partial charge in [0, 0.05) is 9.50 Å². The van der Waals surface area contributed by atoms with Crippen LogP contribution in [0.2, 0.25) is 5.02 Å². The van der Waals surface area contributed by atoms with Gasteiger partial charge in [0.05, 0.1) is 6.61 Å². The number of alkyl halides is 2. The number of carbonyl (C=O) groups is 1. The molecule has 1 rings (SSSR count). The summed E-state index contributed by atoms with van der Waals surface area (Å²) in [7, 11) is 0. The molecule has 0 saturated carbocycles. The molecular formula is C11H11BrClF2NO2. The predicted molar refractivity (Wildman–Crippen MR) is 67.7 cm³/mol. The van der Waals surface area contributed by atoms with Gasteiger partial charge in [-0.1, -0.05) is 27.5 Å². The molecule has 18 heavy (non-hydrogen) atoms. The molecular weight excluding hydrogens is 331 g/mol. The maximum absolute atomic E-state index is 13.7. The Kier molecular flexibility index (Phi) is 5.07. The molecule has 0 amide bonds. The van der Waals surface area contributed by atoms with Gasteiger partial charge in [-0.15, -0.1) is 0 Å². The molecule has 100 valence electrons. The average molecular weight is 343 g/mol. The molecule has 0 radical (unpaired) electrons. The molecule has 3 nitrogen and oxygen atoms in total. The lowest BCUT2D eigenvalue weighted by Gasteiger charge is -2.22. The summed E-state index contributed by atoms with van der Waals surface area (Å²) in [4.78, 5) is 11.2. The Hall–Kier alpha value is -0.720. The zero-order chi connectivity index (χ0) is 13.9. The van der Waals surface area contributed by atoms with E-state index in [1.807, 2.05) is 0 Å². The first-order chi connectivity index (χ1) is 8.30. The fraction of sp³-hybridized carbons (Fsp3) is 0.364. The van der Waals surface area contributed by atoms with E-state index in [0.717, 1.165) is 0 Å². The van der Waals surface area contributed by atoms with Crippen LogP contribution in [0.15, 0.2) is 22.7 Å². The molecule has 2 N–H and O–H groups in total. The summed E-state index contributed by atoms with van der Waals surface area (Å²) in [5.74, 6) is -5.46. The van der Waals surface area contributed by atoms with Crippen LogP contribution >= 0.6 is 27.5 Å². The number of ether oxygens (including phenoxy) is 1. The van der Waals surface area contributed by atoms with Gasteiger partial charge < -0.3 is 10.5 Å². The number of carbonyl (C=O) groups excluding carboxylic acids is 1. The Labute approximate surface area is 116 Å². The summed E-state index contributed by atoms with van der Waals surface area (Å²) in [5, 5.41) is 0.253. The van der Waals surface area contributed by atoms with Crippen molar-refractivity contribution in [3.63, 3.8) is 0 Å². The SMILES string of the molecule is CCOC(=O)C(F)(F)[C@@H](N)c1cc(Cl)ccc1Br. The monoisotopic (exact) mass is 341 g/mol. The zero-order valence-electron chi connectivity index (χ0n) is 9.42. The third-order valence-electron chi connectivity index (χ3n) is 2.23. The minimum atomic E-state index is -3.82.